The predicted octanol–water partition coefficient (Wildman–Crippen LogP) is 4.25. The fourth-order valence-electron chi connectivity index (χ4n) is 7.58. The van der Waals surface area contributed by atoms with Gasteiger partial charge in [-0.15, -0.1) is 0 Å². The van der Waals surface area contributed by atoms with Crippen molar-refractivity contribution >= 4 is 34.8 Å². The van der Waals surface area contributed by atoms with Crippen molar-refractivity contribution in [3.63, 3.8) is 0 Å². The molecule has 23 heteroatoms. The third kappa shape index (κ3) is 13.5. The van der Waals surface area contributed by atoms with Crippen LogP contribution in [0, 0.1) is 0 Å². The molecule has 5 rings (SSSR count). The van der Waals surface area contributed by atoms with Crippen molar-refractivity contribution in [1.29, 1.82) is 0 Å². The topological polar surface area (TPSA) is 249 Å². The summed E-state index contributed by atoms with van der Waals surface area (Å²) in [6, 6.07) is 0.320. The van der Waals surface area contributed by atoms with E-state index in [1.807, 2.05) is 0 Å². The molecule has 0 bridgehead atoms. The fraction of sp³-hybridized carbons (Fsp3) is 0.571. The summed E-state index contributed by atoms with van der Waals surface area (Å²) in [5.74, 6) is 0. The van der Waals surface area contributed by atoms with E-state index in [-0.39, 0.29) is 22.7 Å². The zero-order valence-corrected chi connectivity index (χ0v) is 35.2. The second-order valence-corrected chi connectivity index (χ2v) is 15.8. The first-order valence-electron chi connectivity index (χ1n) is 21.2. The first kappa shape index (κ1) is 51.0. The van der Waals surface area contributed by atoms with Gasteiger partial charge in [-0.3, -0.25) is 9.59 Å². The van der Waals surface area contributed by atoms with Crippen molar-refractivity contribution in [2.75, 3.05) is 47.6 Å². The van der Waals surface area contributed by atoms with Gasteiger partial charge >= 0.3 is 24.4 Å². The number of alkyl halides is 6. The summed E-state index contributed by atoms with van der Waals surface area (Å²) in [4.78, 5) is 52.6. The van der Waals surface area contributed by atoms with Gasteiger partial charge in [0.2, 0.25) is 0 Å². The van der Waals surface area contributed by atoms with E-state index in [0.29, 0.717) is 25.1 Å². The molecule has 4 amide bonds. The zero-order chi connectivity index (χ0) is 47.5. The van der Waals surface area contributed by atoms with Gasteiger partial charge in [-0.25, -0.2) is 9.59 Å². The van der Waals surface area contributed by atoms with Crippen LogP contribution in [0.15, 0.2) is 58.1 Å². The van der Waals surface area contributed by atoms with E-state index in [1.165, 1.54) is 6.07 Å². The van der Waals surface area contributed by atoms with Gasteiger partial charge in [0.1, 0.15) is 47.9 Å². The number of rotatable bonds is 20. The van der Waals surface area contributed by atoms with Gasteiger partial charge in [0.05, 0.1) is 43.0 Å². The molecule has 0 aromatic heterocycles. The molecule has 2 fully saturated rings. The highest BCUT2D eigenvalue weighted by molar-refractivity contribution is 5.90. The van der Waals surface area contributed by atoms with Crippen molar-refractivity contribution in [3.8, 4) is 0 Å². The number of carbonyl (C=O) groups is 2. The largest absolute Gasteiger partial charge is 0.416 e. The lowest BCUT2D eigenvalue weighted by Gasteiger charge is -2.48. The van der Waals surface area contributed by atoms with Crippen molar-refractivity contribution in [3.05, 3.63) is 80.1 Å². The second-order valence-electron chi connectivity index (χ2n) is 15.8. The molecule has 0 radical (unpaired) electrons. The standard InChI is InChI=1S/C42H54F6N6O11/c1-2-3-4-5-6-7-8-9-16-49-30-31(35(59)34(30)58)53-29-27(19-55)63-21-26(52-39(61)50-24-14-10-12-22(17-24)41(43,44)45)37(29)65-38-32(36(60)33(57)28(20-56)64-38)54-40(62)51-25-15-11-13-23(18-25)42(46,47)48/h10-15,17-18,26-29,32-33,36-38,49,53,55-57,60H,2-9,16,19-21H2,1H3,(H2,50,52,61)(H2,51,54,62)/t26?,27?,28?,29-,32?,33+,36?,37?,38-/m0/s1. The van der Waals surface area contributed by atoms with Crippen LogP contribution in [0.2, 0.25) is 0 Å². The molecule has 2 heterocycles. The number of anilines is 4. The Kier molecular flexibility index (Phi) is 18.0. The first-order valence-corrected chi connectivity index (χ1v) is 21.2. The first-order chi connectivity index (χ1) is 30.9. The lowest BCUT2D eigenvalue weighted by atomic mass is 9.93. The lowest BCUT2D eigenvalue weighted by molar-refractivity contribution is -0.291. The van der Waals surface area contributed by atoms with Crippen molar-refractivity contribution in [1.82, 2.24) is 10.6 Å². The number of hydrogen-bond donors (Lipinski definition) is 10. The quantitative estimate of drug-likeness (QED) is 0.0433. The Morgan fingerprint density at radius 3 is 1.82 bits per heavy atom. The minimum atomic E-state index is -4.77. The highest BCUT2D eigenvalue weighted by atomic mass is 19.4. The number of aliphatic hydroxyl groups is 4. The number of carbonyl (C=O) groups excluding carboxylic acids is 2. The number of halogens is 6. The molecule has 3 aromatic rings. The van der Waals surface area contributed by atoms with Crippen LogP contribution in [-0.4, -0.2) is 114 Å². The SMILES string of the molecule is CCCCCCCCCCNc1c(N[C@H]2C(CO)OCC(NC(=O)Nc3cccc(C(F)(F)F)c3)C2O[C@@H]2OC(CO)[C@@H](O)C(O)C2NC(=O)Nc2cccc(C(F)(F)F)c2)c(=O)c1=O. The average molecular weight is 933 g/mol. The van der Waals surface area contributed by atoms with E-state index in [2.05, 4.69) is 38.8 Å². The molecular weight excluding hydrogens is 878 g/mol. The maximum Gasteiger partial charge on any atom is 0.416 e. The van der Waals surface area contributed by atoms with Gasteiger partial charge in [0.25, 0.3) is 10.9 Å². The molecule has 2 aliphatic heterocycles. The van der Waals surface area contributed by atoms with E-state index in [9.17, 15) is 65.9 Å². The Morgan fingerprint density at radius 1 is 0.723 bits per heavy atom. The Bertz CT molecular complexity index is 2110. The molecule has 0 aliphatic carbocycles. The number of aliphatic hydroxyl groups excluding tert-OH is 4. The predicted molar refractivity (Wildman–Crippen MR) is 224 cm³/mol. The Labute approximate surface area is 368 Å². The molecule has 6 unspecified atom stereocenters. The van der Waals surface area contributed by atoms with Gasteiger partial charge < -0.3 is 66.5 Å². The smallest absolute Gasteiger partial charge is 0.394 e. The van der Waals surface area contributed by atoms with Crippen LogP contribution < -0.4 is 42.8 Å². The molecular formula is C42H54F6N6O11. The number of nitrogens with one attached hydrogen (secondary N) is 6. The maximum atomic E-state index is 13.5. The van der Waals surface area contributed by atoms with Gasteiger partial charge in [-0.05, 0) is 42.8 Å². The summed E-state index contributed by atoms with van der Waals surface area (Å²) in [7, 11) is 0. The third-order valence-corrected chi connectivity index (χ3v) is 11.1. The lowest BCUT2D eigenvalue weighted by Crippen LogP contribution is -2.69. The molecule has 2 aliphatic rings. The number of urea groups is 2. The van der Waals surface area contributed by atoms with Gasteiger partial charge in [-0.1, -0.05) is 64.0 Å². The molecule has 10 N–H and O–H groups in total. The molecule has 17 nitrogen and oxygen atoms in total. The molecule has 9 atom stereocenters. The number of hydrogen-bond acceptors (Lipinski definition) is 13. The molecule has 3 aromatic carbocycles. The Balaban J connectivity index is 1.43. The number of ether oxygens (including phenoxy) is 3. The van der Waals surface area contributed by atoms with Crippen molar-refractivity contribution in [2.24, 2.45) is 0 Å². The summed E-state index contributed by atoms with van der Waals surface area (Å²) < 4.78 is 98.5. The molecule has 360 valence electrons. The minimum absolute atomic E-state index is 0.0932. The van der Waals surface area contributed by atoms with Crippen LogP contribution in [0.5, 0.6) is 0 Å². The number of unbranched alkanes of at least 4 members (excludes halogenated alkanes) is 7. The highest BCUT2D eigenvalue weighted by Gasteiger charge is 2.51. The van der Waals surface area contributed by atoms with Crippen molar-refractivity contribution in [2.45, 2.75) is 126 Å². The normalized spacial score (nSPS) is 24.9. The molecule has 2 saturated heterocycles. The highest BCUT2D eigenvalue weighted by Crippen LogP contribution is 2.33. The third-order valence-electron chi connectivity index (χ3n) is 11.1. The van der Waals surface area contributed by atoms with Gasteiger partial charge in [0.15, 0.2) is 6.29 Å². The number of amides is 4. The van der Waals surface area contributed by atoms with Crippen LogP contribution in [0.25, 0.3) is 0 Å². The van der Waals surface area contributed by atoms with E-state index >= 15 is 0 Å². The summed E-state index contributed by atoms with van der Waals surface area (Å²) in [5, 5.41) is 57.7. The second kappa shape index (κ2) is 22.9. The van der Waals surface area contributed by atoms with Crippen LogP contribution in [0.4, 0.5) is 58.7 Å². The van der Waals surface area contributed by atoms with Crippen molar-refractivity contribution < 1.29 is 70.6 Å². The molecule has 65 heavy (non-hydrogen) atoms. The fourth-order valence-corrected chi connectivity index (χ4v) is 7.58. The number of benzene rings is 2. The average Bonchev–Trinajstić information content (AvgIpc) is 3.26. The van der Waals surface area contributed by atoms with Crippen LogP contribution >= 0.6 is 0 Å². The van der Waals surface area contributed by atoms with Crippen LogP contribution in [-0.2, 0) is 26.6 Å². The molecule has 0 spiro atoms. The van der Waals surface area contributed by atoms with E-state index in [4.69, 9.17) is 14.2 Å². The summed E-state index contributed by atoms with van der Waals surface area (Å²) >= 11 is 0. The van der Waals surface area contributed by atoms with E-state index in [1.54, 1.807) is 0 Å². The Morgan fingerprint density at radius 2 is 1.26 bits per heavy atom. The maximum absolute atomic E-state index is 13.5. The monoisotopic (exact) mass is 932 g/mol. The van der Waals surface area contributed by atoms with Crippen LogP contribution in [0.3, 0.4) is 0 Å². The van der Waals surface area contributed by atoms with Crippen LogP contribution in [0.1, 0.15) is 69.4 Å². The summed E-state index contributed by atoms with van der Waals surface area (Å²) in [6.45, 7) is 0.251. The van der Waals surface area contributed by atoms with E-state index < -0.39 is 121 Å². The summed E-state index contributed by atoms with van der Waals surface area (Å²) in [5.41, 5.74) is -4.93. The molecule has 0 saturated carbocycles. The zero-order valence-electron chi connectivity index (χ0n) is 35.2. The van der Waals surface area contributed by atoms with Gasteiger partial charge in [-0.2, -0.15) is 26.3 Å². The summed E-state index contributed by atoms with van der Waals surface area (Å²) in [6.07, 6.45) is -11.8. The Hall–Kier alpha value is -5.04. The van der Waals surface area contributed by atoms with E-state index in [0.717, 1.165) is 75.3 Å². The minimum Gasteiger partial charge on any atom is -0.394 e. The van der Waals surface area contributed by atoms with Gasteiger partial charge in [0, 0.05) is 17.9 Å².